The van der Waals surface area contributed by atoms with Gasteiger partial charge in [-0.1, -0.05) is 29.3 Å². The third-order valence-corrected chi connectivity index (χ3v) is 9.89. The molecule has 5 rings (SSSR count). The first kappa shape index (κ1) is 36.7. The quantitative estimate of drug-likeness (QED) is 0.256. The van der Waals surface area contributed by atoms with Crippen LogP contribution in [0, 0.1) is 0 Å². The Morgan fingerprint density at radius 3 is 2.27 bits per heavy atom. The highest BCUT2D eigenvalue weighted by molar-refractivity contribution is 6.45. The molecule has 49 heavy (non-hydrogen) atoms. The van der Waals surface area contributed by atoms with Crippen molar-refractivity contribution in [3.05, 3.63) is 51.5 Å². The maximum atomic E-state index is 12.8. The molecule has 1 aliphatic carbocycles. The Kier molecular flexibility index (Phi) is 12.3. The number of amides is 3. The molecule has 2 fully saturated rings. The second-order valence-corrected chi connectivity index (χ2v) is 14.6. The van der Waals surface area contributed by atoms with Crippen LogP contribution in [0.25, 0.3) is 0 Å². The van der Waals surface area contributed by atoms with E-state index < -0.39 is 17.6 Å². The number of halogens is 2. The molecule has 2 saturated heterocycles. The van der Waals surface area contributed by atoms with Crippen molar-refractivity contribution < 1.29 is 28.7 Å². The van der Waals surface area contributed by atoms with Gasteiger partial charge >= 0.3 is 6.09 Å². The fourth-order valence-electron chi connectivity index (χ4n) is 6.30. The summed E-state index contributed by atoms with van der Waals surface area (Å²) in [7, 11) is 0. The van der Waals surface area contributed by atoms with Gasteiger partial charge in [0.2, 0.25) is 11.8 Å². The SMILES string of the molecule is CC(C)(C)OC(=O)N1CCN(C(=O)CC(=O)Nc2ccc(N3CCN(CCCCOc4ccc5c(c4)CC(=O)CC5)CC3)c(Cl)c2Cl)CC1. The molecule has 1 N–H and O–H groups in total. The number of fused-ring (bicyclic) bond motifs is 1. The van der Waals surface area contributed by atoms with E-state index >= 15 is 0 Å². The van der Waals surface area contributed by atoms with Crippen LogP contribution in [0.5, 0.6) is 5.75 Å². The van der Waals surface area contributed by atoms with Gasteiger partial charge in [0.05, 0.1) is 28.0 Å². The Bertz CT molecular complexity index is 1530. The van der Waals surface area contributed by atoms with Crippen molar-refractivity contribution in [2.45, 2.75) is 64.9 Å². The zero-order valence-electron chi connectivity index (χ0n) is 28.7. The van der Waals surface area contributed by atoms with Crippen molar-refractivity contribution in [1.29, 1.82) is 0 Å². The van der Waals surface area contributed by atoms with Gasteiger partial charge in [-0.2, -0.15) is 0 Å². The fraction of sp³-hybridized carbons (Fsp3) is 0.556. The van der Waals surface area contributed by atoms with Gasteiger partial charge in [0.25, 0.3) is 0 Å². The van der Waals surface area contributed by atoms with Gasteiger partial charge in [-0.15, -0.1) is 0 Å². The smallest absolute Gasteiger partial charge is 0.410 e. The number of nitrogens with zero attached hydrogens (tertiary/aromatic N) is 4. The summed E-state index contributed by atoms with van der Waals surface area (Å²) in [5, 5.41) is 3.33. The lowest BCUT2D eigenvalue weighted by molar-refractivity contribution is -0.136. The number of ether oxygens (including phenoxy) is 2. The normalized spacial score (nSPS) is 17.1. The number of carbonyl (C=O) groups is 4. The molecule has 2 aromatic rings. The molecule has 0 unspecified atom stereocenters. The molecule has 0 atom stereocenters. The summed E-state index contributed by atoms with van der Waals surface area (Å²) < 4.78 is 11.4. The molecular weight excluding hydrogens is 669 g/mol. The lowest BCUT2D eigenvalue weighted by Crippen LogP contribution is -2.52. The van der Waals surface area contributed by atoms with E-state index in [2.05, 4.69) is 21.2 Å². The van der Waals surface area contributed by atoms with Crippen molar-refractivity contribution in [3.63, 3.8) is 0 Å². The minimum atomic E-state index is -0.591. The first-order valence-electron chi connectivity index (χ1n) is 17.1. The number of rotatable bonds is 10. The number of benzene rings is 2. The Labute approximate surface area is 298 Å². The number of piperazine rings is 2. The molecule has 0 bridgehead atoms. The van der Waals surface area contributed by atoms with E-state index in [0.717, 1.165) is 69.0 Å². The summed E-state index contributed by atoms with van der Waals surface area (Å²) in [5.41, 5.74) is 2.93. The largest absolute Gasteiger partial charge is 0.494 e. The van der Waals surface area contributed by atoms with Gasteiger partial charge in [-0.3, -0.25) is 19.3 Å². The molecule has 0 spiro atoms. The van der Waals surface area contributed by atoms with Gasteiger partial charge in [0, 0.05) is 65.2 Å². The van der Waals surface area contributed by atoms with Crippen molar-refractivity contribution in [2.24, 2.45) is 0 Å². The van der Waals surface area contributed by atoms with Gasteiger partial charge in [-0.25, -0.2) is 4.79 Å². The Balaban J connectivity index is 1.00. The predicted molar refractivity (Wildman–Crippen MR) is 191 cm³/mol. The number of hydrogen-bond acceptors (Lipinski definition) is 8. The van der Waals surface area contributed by atoms with Crippen LogP contribution in [-0.4, -0.2) is 110 Å². The number of anilines is 2. The number of carbonyl (C=O) groups excluding carboxylic acids is 4. The van der Waals surface area contributed by atoms with Crippen molar-refractivity contribution in [2.75, 3.05) is 75.7 Å². The second kappa shape index (κ2) is 16.4. The van der Waals surface area contributed by atoms with Crippen LogP contribution in [0.4, 0.5) is 16.2 Å². The summed E-state index contributed by atoms with van der Waals surface area (Å²) in [4.78, 5) is 57.4. The first-order chi connectivity index (χ1) is 23.4. The van der Waals surface area contributed by atoms with Crippen molar-refractivity contribution >= 4 is 58.3 Å². The number of hydrogen-bond donors (Lipinski definition) is 1. The molecule has 2 heterocycles. The van der Waals surface area contributed by atoms with Gasteiger partial charge in [-0.05, 0) is 82.0 Å². The zero-order chi connectivity index (χ0) is 35.1. The predicted octanol–water partition coefficient (Wildman–Crippen LogP) is 5.44. The second-order valence-electron chi connectivity index (χ2n) is 13.9. The number of Topliss-reactive ketones (excluding diaryl/α,β-unsaturated/α-hetero) is 1. The third kappa shape index (κ3) is 10.2. The van der Waals surface area contributed by atoms with E-state index in [1.54, 1.807) is 15.9 Å². The molecule has 3 aliphatic rings. The van der Waals surface area contributed by atoms with Gasteiger partial charge in [0.1, 0.15) is 23.6 Å². The van der Waals surface area contributed by atoms with E-state index in [0.29, 0.717) is 62.1 Å². The molecule has 0 saturated carbocycles. The Morgan fingerprint density at radius 2 is 1.55 bits per heavy atom. The van der Waals surface area contributed by atoms with Crippen LogP contribution in [0.15, 0.2) is 30.3 Å². The van der Waals surface area contributed by atoms with Crippen LogP contribution >= 0.6 is 23.2 Å². The van der Waals surface area contributed by atoms with Crippen LogP contribution in [0.2, 0.25) is 10.0 Å². The van der Waals surface area contributed by atoms with Gasteiger partial charge < -0.3 is 29.5 Å². The lowest BCUT2D eigenvalue weighted by atomic mass is 9.91. The van der Waals surface area contributed by atoms with E-state index in [9.17, 15) is 19.2 Å². The van der Waals surface area contributed by atoms with E-state index in [1.165, 1.54) is 5.56 Å². The summed E-state index contributed by atoms with van der Waals surface area (Å²) in [6.07, 6.45) is 3.20. The summed E-state index contributed by atoms with van der Waals surface area (Å²) >= 11 is 13.3. The van der Waals surface area contributed by atoms with Crippen LogP contribution in [0.3, 0.4) is 0 Å². The number of nitrogens with one attached hydrogen (secondary N) is 1. The molecule has 3 amide bonds. The third-order valence-electron chi connectivity index (χ3n) is 9.02. The van der Waals surface area contributed by atoms with Crippen molar-refractivity contribution in [1.82, 2.24) is 14.7 Å². The Morgan fingerprint density at radius 1 is 0.837 bits per heavy atom. The zero-order valence-corrected chi connectivity index (χ0v) is 30.2. The van der Waals surface area contributed by atoms with E-state index in [-0.39, 0.29) is 17.4 Å². The molecule has 2 aromatic carbocycles. The first-order valence-corrected chi connectivity index (χ1v) is 17.9. The van der Waals surface area contributed by atoms with E-state index in [1.807, 2.05) is 39.0 Å². The number of unbranched alkanes of at least 4 members (excludes halogenated alkanes) is 1. The Hall–Kier alpha value is -3.54. The summed E-state index contributed by atoms with van der Waals surface area (Å²) in [5.74, 6) is 0.331. The maximum absolute atomic E-state index is 12.8. The highest BCUT2D eigenvalue weighted by atomic mass is 35.5. The fourth-order valence-corrected chi connectivity index (χ4v) is 6.80. The summed E-state index contributed by atoms with van der Waals surface area (Å²) in [6, 6.07) is 9.69. The topological polar surface area (TPSA) is 112 Å². The van der Waals surface area contributed by atoms with Gasteiger partial charge in [0.15, 0.2) is 0 Å². The number of ketones is 1. The van der Waals surface area contributed by atoms with Crippen LogP contribution in [-0.2, 0) is 32.0 Å². The highest BCUT2D eigenvalue weighted by Crippen LogP contribution is 2.38. The molecule has 0 aromatic heterocycles. The molecule has 2 aliphatic heterocycles. The molecule has 0 radical (unpaired) electrons. The standard InChI is InChI=1S/C36H47Cl2N5O6/c1-36(2,3)49-35(47)43-19-17-42(18-20-43)32(46)24-31(45)39-29-10-11-30(34(38)33(29)37)41-15-13-40(14-16-41)12-4-5-21-48-28-9-7-25-6-8-27(44)22-26(25)23-28/h7,9-11,23H,4-6,8,12-22,24H2,1-3H3,(H,39,45). The van der Waals surface area contributed by atoms with Crippen LogP contribution < -0.4 is 15.0 Å². The monoisotopic (exact) mass is 715 g/mol. The van der Waals surface area contributed by atoms with Crippen LogP contribution in [0.1, 0.15) is 57.6 Å². The van der Waals surface area contributed by atoms with E-state index in [4.69, 9.17) is 32.7 Å². The highest BCUT2D eigenvalue weighted by Gasteiger charge is 2.29. The molecule has 266 valence electrons. The minimum Gasteiger partial charge on any atom is -0.494 e. The maximum Gasteiger partial charge on any atom is 0.410 e. The van der Waals surface area contributed by atoms with Crippen molar-refractivity contribution in [3.8, 4) is 5.75 Å². The molecule has 13 heteroatoms. The molecule has 11 nitrogen and oxygen atoms in total. The summed E-state index contributed by atoms with van der Waals surface area (Å²) in [6.45, 7) is 11.8. The molecular formula is C36H47Cl2N5O6. The lowest BCUT2D eigenvalue weighted by Gasteiger charge is -2.36. The number of aryl methyl sites for hydroxylation is 1. The minimum absolute atomic E-state index is 0.235. The average Bonchev–Trinajstić information content (AvgIpc) is 3.06. The average molecular weight is 717 g/mol.